The van der Waals surface area contributed by atoms with Crippen LogP contribution in [-0.4, -0.2) is 16.1 Å². The summed E-state index contributed by atoms with van der Waals surface area (Å²) in [7, 11) is 0. The lowest BCUT2D eigenvalue weighted by molar-refractivity contribution is -0.137. The highest BCUT2D eigenvalue weighted by Crippen LogP contribution is 2.19. The molecular formula is C8H11BrN2O2. The van der Waals surface area contributed by atoms with Gasteiger partial charge in [0.05, 0.1) is 4.60 Å². The molecule has 0 saturated carbocycles. The fraction of sp³-hybridized carbons (Fsp3) is 0.375. The van der Waals surface area contributed by atoms with E-state index in [1.165, 1.54) is 0 Å². The minimum Gasteiger partial charge on any atom is -0.481 e. The maximum atomic E-state index is 10.3. The van der Waals surface area contributed by atoms with E-state index >= 15 is 0 Å². The van der Waals surface area contributed by atoms with Gasteiger partial charge in [-0.1, -0.05) is 0 Å². The van der Waals surface area contributed by atoms with Crippen LogP contribution in [-0.2, 0) is 4.79 Å². The number of carboxylic acid groups (broad SMARTS) is 1. The van der Waals surface area contributed by atoms with Gasteiger partial charge in [0, 0.05) is 18.7 Å². The predicted molar refractivity (Wildman–Crippen MR) is 52.3 cm³/mol. The van der Waals surface area contributed by atoms with Crippen molar-refractivity contribution in [2.75, 3.05) is 0 Å². The highest BCUT2D eigenvalue weighted by atomic mass is 79.9. The molecule has 1 heterocycles. The van der Waals surface area contributed by atoms with Crippen LogP contribution in [0.4, 0.5) is 0 Å². The van der Waals surface area contributed by atoms with E-state index in [1.807, 2.05) is 6.07 Å². The number of aromatic nitrogens is 1. The Kier molecular flexibility index (Phi) is 3.50. The number of aliphatic carboxylic acids is 1. The molecule has 4 N–H and O–H groups in total. The molecule has 5 heteroatoms. The van der Waals surface area contributed by atoms with Gasteiger partial charge in [-0.2, -0.15) is 0 Å². The Morgan fingerprint density at radius 2 is 2.46 bits per heavy atom. The maximum Gasteiger partial charge on any atom is 0.303 e. The first-order valence-corrected chi connectivity index (χ1v) is 4.70. The second-order valence-corrected chi connectivity index (χ2v) is 3.67. The van der Waals surface area contributed by atoms with Crippen LogP contribution in [0, 0.1) is 0 Å². The molecule has 0 fully saturated rings. The number of halogens is 1. The molecule has 0 aliphatic rings. The van der Waals surface area contributed by atoms with Crippen LogP contribution < -0.4 is 5.73 Å². The molecule has 1 aromatic heterocycles. The summed E-state index contributed by atoms with van der Waals surface area (Å²) in [6.07, 6.45) is 2.33. The van der Waals surface area contributed by atoms with Crippen molar-refractivity contribution in [3.63, 3.8) is 0 Å². The van der Waals surface area contributed by atoms with E-state index in [-0.39, 0.29) is 12.5 Å². The summed E-state index contributed by atoms with van der Waals surface area (Å²) in [5, 5.41) is 8.44. The van der Waals surface area contributed by atoms with Crippen LogP contribution in [0.2, 0.25) is 0 Å². The van der Waals surface area contributed by atoms with Gasteiger partial charge in [-0.25, -0.2) is 0 Å². The van der Waals surface area contributed by atoms with E-state index in [2.05, 4.69) is 20.9 Å². The lowest BCUT2D eigenvalue weighted by Crippen LogP contribution is -2.11. The number of hydrogen-bond acceptors (Lipinski definition) is 2. The maximum absolute atomic E-state index is 10.3. The molecule has 1 rings (SSSR count). The van der Waals surface area contributed by atoms with Crippen molar-refractivity contribution in [3.8, 4) is 0 Å². The van der Waals surface area contributed by atoms with E-state index in [4.69, 9.17) is 10.8 Å². The number of carboxylic acids is 1. The van der Waals surface area contributed by atoms with E-state index < -0.39 is 5.97 Å². The minimum atomic E-state index is -0.815. The molecule has 1 atom stereocenters. The number of rotatable bonds is 4. The van der Waals surface area contributed by atoms with Gasteiger partial charge in [0.15, 0.2) is 0 Å². The summed E-state index contributed by atoms with van der Waals surface area (Å²) in [5.74, 6) is -0.815. The molecule has 0 spiro atoms. The van der Waals surface area contributed by atoms with E-state index in [9.17, 15) is 4.79 Å². The van der Waals surface area contributed by atoms with Crippen LogP contribution in [0.5, 0.6) is 0 Å². The van der Waals surface area contributed by atoms with Crippen molar-refractivity contribution < 1.29 is 9.90 Å². The van der Waals surface area contributed by atoms with E-state index in [0.717, 1.165) is 10.2 Å². The molecule has 0 saturated heterocycles. The van der Waals surface area contributed by atoms with Gasteiger partial charge in [-0.3, -0.25) is 4.79 Å². The zero-order valence-corrected chi connectivity index (χ0v) is 8.54. The standard InChI is InChI=1S/C8H11BrN2O2/c9-7-3-5(4-11-7)6(10)1-2-8(12)13/h3-4,6,11H,1-2,10H2,(H,12,13). The lowest BCUT2D eigenvalue weighted by atomic mass is 10.1. The Labute approximate surface area is 84.3 Å². The van der Waals surface area contributed by atoms with Crippen molar-refractivity contribution in [3.05, 3.63) is 22.4 Å². The van der Waals surface area contributed by atoms with Crippen molar-refractivity contribution in [2.24, 2.45) is 5.73 Å². The van der Waals surface area contributed by atoms with Gasteiger partial charge in [0.2, 0.25) is 0 Å². The summed E-state index contributed by atoms with van der Waals surface area (Å²) in [4.78, 5) is 13.2. The molecule has 1 unspecified atom stereocenters. The van der Waals surface area contributed by atoms with Gasteiger partial charge < -0.3 is 15.8 Å². The first-order valence-electron chi connectivity index (χ1n) is 3.91. The zero-order valence-electron chi connectivity index (χ0n) is 6.96. The summed E-state index contributed by atoms with van der Waals surface area (Å²) < 4.78 is 0.855. The quantitative estimate of drug-likeness (QED) is 0.756. The predicted octanol–water partition coefficient (Wildman–Crippen LogP) is 1.64. The fourth-order valence-electron chi connectivity index (χ4n) is 1.04. The van der Waals surface area contributed by atoms with Crippen molar-refractivity contribution in [1.82, 2.24) is 4.98 Å². The largest absolute Gasteiger partial charge is 0.481 e. The molecule has 0 radical (unpaired) electrons. The number of aromatic amines is 1. The van der Waals surface area contributed by atoms with Crippen LogP contribution in [0.15, 0.2) is 16.9 Å². The van der Waals surface area contributed by atoms with Gasteiger partial charge in [-0.05, 0) is 34.0 Å². The first-order chi connectivity index (χ1) is 6.09. The molecule has 0 aliphatic carbocycles. The smallest absolute Gasteiger partial charge is 0.303 e. The first kappa shape index (κ1) is 10.3. The lowest BCUT2D eigenvalue weighted by Gasteiger charge is -2.06. The minimum absolute atomic E-state index is 0.101. The van der Waals surface area contributed by atoms with Gasteiger partial charge in [0.25, 0.3) is 0 Å². The van der Waals surface area contributed by atoms with E-state index in [1.54, 1.807) is 6.20 Å². The summed E-state index contributed by atoms with van der Waals surface area (Å²) >= 11 is 3.25. The Morgan fingerprint density at radius 1 is 1.77 bits per heavy atom. The second kappa shape index (κ2) is 4.43. The Morgan fingerprint density at radius 3 is 2.92 bits per heavy atom. The zero-order chi connectivity index (χ0) is 9.84. The third-order valence-electron chi connectivity index (χ3n) is 1.77. The molecule has 1 aromatic rings. The average Bonchev–Trinajstić information content (AvgIpc) is 2.47. The molecule has 72 valence electrons. The molecule has 4 nitrogen and oxygen atoms in total. The average molecular weight is 247 g/mol. The topological polar surface area (TPSA) is 79.1 Å². The van der Waals surface area contributed by atoms with Gasteiger partial charge in [-0.15, -0.1) is 0 Å². The molecule has 0 bridgehead atoms. The van der Waals surface area contributed by atoms with Crippen molar-refractivity contribution >= 4 is 21.9 Å². The van der Waals surface area contributed by atoms with Gasteiger partial charge in [0.1, 0.15) is 0 Å². The van der Waals surface area contributed by atoms with Crippen LogP contribution in [0.25, 0.3) is 0 Å². The number of nitrogens with two attached hydrogens (primary N) is 1. The monoisotopic (exact) mass is 246 g/mol. The normalized spacial score (nSPS) is 12.8. The van der Waals surface area contributed by atoms with Crippen LogP contribution >= 0.6 is 15.9 Å². The number of nitrogens with one attached hydrogen (secondary N) is 1. The summed E-state index contributed by atoms with van der Waals surface area (Å²) in [6.45, 7) is 0. The molecule has 0 aliphatic heterocycles. The van der Waals surface area contributed by atoms with Crippen LogP contribution in [0.3, 0.4) is 0 Å². The van der Waals surface area contributed by atoms with E-state index in [0.29, 0.717) is 6.42 Å². The SMILES string of the molecule is NC(CCC(=O)O)c1c[nH]c(Br)c1. The highest BCUT2D eigenvalue weighted by Gasteiger charge is 2.09. The number of H-pyrrole nitrogens is 1. The summed E-state index contributed by atoms with van der Waals surface area (Å²) in [6, 6.07) is 1.64. The molecular weight excluding hydrogens is 236 g/mol. The Hall–Kier alpha value is -0.810. The van der Waals surface area contributed by atoms with Crippen LogP contribution in [0.1, 0.15) is 24.4 Å². The second-order valence-electron chi connectivity index (χ2n) is 2.82. The third kappa shape index (κ3) is 3.20. The molecule has 13 heavy (non-hydrogen) atoms. The van der Waals surface area contributed by atoms with Crippen molar-refractivity contribution in [2.45, 2.75) is 18.9 Å². The third-order valence-corrected chi connectivity index (χ3v) is 2.23. The Bertz CT molecular complexity index is 298. The van der Waals surface area contributed by atoms with Crippen molar-refractivity contribution in [1.29, 1.82) is 0 Å². The summed E-state index contributed by atoms with van der Waals surface area (Å²) in [5.41, 5.74) is 6.68. The number of hydrogen-bond donors (Lipinski definition) is 3. The highest BCUT2D eigenvalue weighted by molar-refractivity contribution is 9.10. The number of carbonyl (C=O) groups is 1. The molecule has 0 aromatic carbocycles. The van der Waals surface area contributed by atoms with Gasteiger partial charge >= 0.3 is 5.97 Å². The Balaban J connectivity index is 2.48. The fourth-order valence-corrected chi connectivity index (χ4v) is 1.42. The molecule has 0 amide bonds.